The Bertz CT molecular complexity index is 362. The van der Waals surface area contributed by atoms with Gasteiger partial charge in [0.1, 0.15) is 12.7 Å². The number of ether oxygens (including phenoxy) is 3. The molecule has 0 bridgehead atoms. The van der Waals surface area contributed by atoms with E-state index in [1.54, 1.807) is 0 Å². The van der Waals surface area contributed by atoms with Crippen LogP contribution in [0.3, 0.4) is 0 Å². The van der Waals surface area contributed by atoms with Crippen molar-refractivity contribution < 1.29 is 23.4 Å². The van der Waals surface area contributed by atoms with E-state index in [2.05, 4.69) is 4.74 Å². The van der Waals surface area contributed by atoms with E-state index in [-0.39, 0.29) is 24.1 Å². The standard InChI is InChI=1S/C10H9FO4/c11-8-2-1-3-9(10(8)15-6-12)14-5-7-4-13-7/h1-3,6-7H,4-5H2. The summed E-state index contributed by atoms with van der Waals surface area (Å²) in [6, 6.07) is 4.21. The van der Waals surface area contributed by atoms with E-state index in [0.717, 1.165) is 0 Å². The lowest BCUT2D eigenvalue weighted by Crippen LogP contribution is -2.06. The molecule has 1 aromatic rings. The van der Waals surface area contributed by atoms with Crippen LogP contribution in [0.2, 0.25) is 0 Å². The van der Waals surface area contributed by atoms with Crippen molar-refractivity contribution >= 4 is 6.47 Å². The van der Waals surface area contributed by atoms with Gasteiger partial charge in [0.15, 0.2) is 11.6 Å². The third kappa shape index (κ3) is 2.44. The number of hydrogen-bond acceptors (Lipinski definition) is 4. The highest BCUT2D eigenvalue weighted by Gasteiger charge is 2.24. The molecule has 1 aliphatic heterocycles. The molecule has 0 aromatic heterocycles. The van der Waals surface area contributed by atoms with Crippen LogP contribution >= 0.6 is 0 Å². The molecular weight excluding hydrogens is 203 g/mol. The second kappa shape index (κ2) is 4.27. The third-order valence-electron chi connectivity index (χ3n) is 1.92. The Hall–Kier alpha value is -1.62. The molecule has 2 rings (SSSR count). The molecule has 15 heavy (non-hydrogen) atoms. The molecule has 0 aliphatic carbocycles. The van der Waals surface area contributed by atoms with Gasteiger partial charge in [0, 0.05) is 0 Å². The van der Waals surface area contributed by atoms with Crippen molar-refractivity contribution in [3.05, 3.63) is 24.0 Å². The average molecular weight is 212 g/mol. The Morgan fingerprint density at radius 1 is 1.60 bits per heavy atom. The molecule has 80 valence electrons. The molecule has 1 saturated heterocycles. The predicted molar refractivity (Wildman–Crippen MR) is 48.3 cm³/mol. The first-order chi connectivity index (χ1) is 7.31. The van der Waals surface area contributed by atoms with E-state index < -0.39 is 5.82 Å². The van der Waals surface area contributed by atoms with Gasteiger partial charge in [-0.1, -0.05) is 6.07 Å². The van der Waals surface area contributed by atoms with Crippen molar-refractivity contribution in [3.63, 3.8) is 0 Å². The summed E-state index contributed by atoms with van der Waals surface area (Å²) in [7, 11) is 0. The molecular formula is C10H9FO4. The summed E-state index contributed by atoms with van der Waals surface area (Å²) in [5.74, 6) is -0.609. The minimum Gasteiger partial charge on any atom is -0.487 e. The normalized spacial score (nSPS) is 18.3. The predicted octanol–water partition coefficient (Wildman–Crippen LogP) is 1.14. The van der Waals surface area contributed by atoms with Gasteiger partial charge in [0.2, 0.25) is 5.75 Å². The molecule has 0 amide bonds. The molecule has 0 N–H and O–H groups in total. The maximum atomic E-state index is 13.2. The highest BCUT2D eigenvalue weighted by atomic mass is 19.1. The Labute approximate surface area is 85.6 Å². The zero-order valence-corrected chi connectivity index (χ0v) is 7.81. The van der Waals surface area contributed by atoms with Crippen LogP contribution in [0.25, 0.3) is 0 Å². The SMILES string of the molecule is O=COc1c(F)cccc1OCC1CO1. The number of para-hydroxylation sites is 1. The zero-order chi connectivity index (χ0) is 10.7. The van der Waals surface area contributed by atoms with Gasteiger partial charge in [-0.05, 0) is 12.1 Å². The molecule has 1 atom stereocenters. The molecule has 0 spiro atoms. The molecule has 1 aromatic carbocycles. The first-order valence-electron chi connectivity index (χ1n) is 4.44. The van der Waals surface area contributed by atoms with Crippen molar-refractivity contribution in [3.8, 4) is 11.5 Å². The van der Waals surface area contributed by atoms with Crippen LogP contribution in [-0.4, -0.2) is 25.8 Å². The van der Waals surface area contributed by atoms with Crippen LogP contribution in [0.5, 0.6) is 11.5 Å². The zero-order valence-electron chi connectivity index (χ0n) is 7.81. The van der Waals surface area contributed by atoms with Gasteiger partial charge >= 0.3 is 0 Å². The van der Waals surface area contributed by atoms with Crippen molar-refractivity contribution in [1.82, 2.24) is 0 Å². The lowest BCUT2D eigenvalue weighted by atomic mass is 10.3. The van der Waals surface area contributed by atoms with E-state index in [1.165, 1.54) is 18.2 Å². The molecule has 1 unspecified atom stereocenters. The summed E-state index contributed by atoms with van der Waals surface area (Å²) in [5.41, 5.74) is 0. The van der Waals surface area contributed by atoms with Crippen LogP contribution in [-0.2, 0) is 9.53 Å². The lowest BCUT2D eigenvalue weighted by Gasteiger charge is -2.08. The Morgan fingerprint density at radius 2 is 2.40 bits per heavy atom. The summed E-state index contributed by atoms with van der Waals surface area (Å²) in [5, 5.41) is 0. The first-order valence-corrected chi connectivity index (χ1v) is 4.44. The van der Waals surface area contributed by atoms with Crippen LogP contribution in [0.4, 0.5) is 4.39 Å². The second-order valence-electron chi connectivity index (χ2n) is 3.05. The van der Waals surface area contributed by atoms with Crippen LogP contribution in [0, 0.1) is 5.82 Å². The van der Waals surface area contributed by atoms with E-state index in [4.69, 9.17) is 9.47 Å². The smallest absolute Gasteiger partial charge is 0.298 e. The molecule has 0 radical (unpaired) electrons. The second-order valence-corrected chi connectivity index (χ2v) is 3.05. The van der Waals surface area contributed by atoms with Gasteiger partial charge in [-0.15, -0.1) is 0 Å². The quantitative estimate of drug-likeness (QED) is 0.542. The first kappa shape index (κ1) is 9.92. The van der Waals surface area contributed by atoms with Crippen LogP contribution in [0.1, 0.15) is 0 Å². The van der Waals surface area contributed by atoms with Crippen molar-refractivity contribution in [2.24, 2.45) is 0 Å². The van der Waals surface area contributed by atoms with E-state index >= 15 is 0 Å². The number of epoxide rings is 1. The van der Waals surface area contributed by atoms with E-state index in [0.29, 0.717) is 13.2 Å². The fourth-order valence-electron chi connectivity index (χ4n) is 1.11. The molecule has 4 nitrogen and oxygen atoms in total. The topological polar surface area (TPSA) is 48.1 Å². The summed E-state index contributed by atoms with van der Waals surface area (Å²) >= 11 is 0. The third-order valence-corrected chi connectivity index (χ3v) is 1.92. The molecule has 1 heterocycles. The maximum Gasteiger partial charge on any atom is 0.298 e. The monoisotopic (exact) mass is 212 g/mol. The minimum atomic E-state index is -0.628. The largest absolute Gasteiger partial charge is 0.487 e. The van der Waals surface area contributed by atoms with Gasteiger partial charge < -0.3 is 14.2 Å². The van der Waals surface area contributed by atoms with Gasteiger partial charge in [0.25, 0.3) is 6.47 Å². The number of carbonyl (C=O) groups is 1. The molecule has 0 saturated carbocycles. The van der Waals surface area contributed by atoms with Crippen molar-refractivity contribution in [2.75, 3.05) is 13.2 Å². The van der Waals surface area contributed by atoms with Crippen LogP contribution < -0.4 is 9.47 Å². The summed E-state index contributed by atoms with van der Waals surface area (Å²) in [6.07, 6.45) is 0.0670. The maximum absolute atomic E-state index is 13.2. The van der Waals surface area contributed by atoms with Gasteiger partial charge in [-0.3, -0.25) is 4.79 Å². The average Bonchev–Trinajstić information content (AvgIpc) is 3.03. The molecule has 5 heteroatoms. The summed E-state index contributed by atoms with van der Waals surface area (Å²) < 4.78 is 27.9. The van der Waals surface area contributed by atoms with Crippen molar-refractivity contribution in [1.29, 1.82) is 0 Å². The molecule has 1 aliphatic rings. The Kier molecular flexibility index (Phi) is 2.82. The fourth-order valence-corrected chi connectivity index (χ4v) is 1.11. The fraction of sp³-hybridized carbons (Fsp3) is 0.300. The molecule has 1 fully saturated rings. The van der Waals surface area contributed by atoms with Gasteiger partial charge in [-0.2, -0.15) is 0 Å². The van der Waals surface area contributed by atoms with Gasteiger partial charge in [-0.25, -0.2) is 4.39 Å². The number of hydrogen-bond donors (Lipinski definition) is 0. The Morgan fingerprint density at radius 3 is 3.07 bits per heavy atom. The minimum absolute atomic E-state index is 0.0670. The highest BCUT2D eigenvalue weighted by molar-refractivity contribution is 5.51. The van der Waals surface area contributed by atoms with Crippen LogP contribution in [0.15, 0.2) is 18.2 Å². The highest BCUT2D eigenvalue weighted by Crippen LogP contribution is 2.30. The number of benzene rings is 1. The Balaban J connectivity index is 2.11. The summed E-state index contributed by atoms with van der Waals surface area (Å²) in [4.78, 5) is 10.2. The number of rotatable bonds is 5. The van der Waals surface area contributed by atoms with E-state index in [1.807, 2.05) is 0 Å². The van der Waals surface area contributed by atoms with E-state index in [9.17, 15) is 9.18 Å². The number of halogens is 1. The van der Waals surface area contributed by atoms with Gasteiger partial charge in [0.05, 0.1) is 6.61 Å². The summed E-state index contributed by atoms with van der Waals surface area (Å²) in [6.45, 7) is 1.15. The lowest BCUT2D eigenvalue weighted by molar-refractivity contribution is -0.121. The van der Waals surface area contributed by atoms with Crippen molar-refractivity contribution in [2.45, 2.75) is 6.10 Å². The number of carbonyl (C=O) groups excluding carboxylic acids is 1.